The first-order valence-electron chi connectivity index (χ1n) is 4.06. The SMILES string of the molecule is C[C@@H](N)CS(=O)(=O)c1ccccc1. The van der Waals surface area contributed by atoms with Crippen LogP contribution in [-0.2, 0) is 9.84 Å². The van der Waals surface area contributed by atoms with Crippen LogP contribution in [0.4, 0.5) is 0 Å². The van der Waals surface area contributed by atoms with Gasteiger partial charge in [-0.15, -0.1) is 0 Å². The van der Waals surface area contributed by atoms with E-state index in [2.05, 4.69) is 0 Å². The van der Waals surface area contributed by atoms with Gasteiger partial charge in [0.05, 0.1) is 10.6 Å². The molecular formula is C9H13NO2S. The van der Waals surface area contributed by atoms with E-state index in [1.165, 1.54) is 0 Å². The average molecular weight is 199 g/mol. The third-order valence-corrected chi connectivity index (χ3v) is 3.54. The number of sulfone groups is 1. The summed E-state index contributed by atoms with van der Waals surface area (Å²) in [6.45, 7) is 1.68. The minimum Gasteiger partial charge on any atom is -0.327 e. The summed E-state index contributed by atoms with van der Waals surface area (Å²) in [6.07, 6.45) is 0. The Balaban J connectivity index is 2.96. The lowest BCUT2D eigenvalue weighted by molar-refractivity contribution is 0.590. The number of rotatable bonds is 3. The molecule has 1 aromatic carbocycles. The van der Waals surface area contributed by atoms with E-state index in [4.69, 9.17) is 5.73 Å². The highest BCUT2D eigenvalue weighted by Gasteiger charge is 2.15. The summed E-state index contributed by atoms with van der Waals surface area (Å²) < 4.78 is 23.1. The van der Waals surface area contributed by atoms with Gasteiger partial charge in [-0.1, -0.05) is 18.2 Å². The molecule has 0 unspecified atom stereocenters. The molecule has 0 bridgehead atoms. The smallest absolute Gasteiger partial charge is 0.179 e. The molecule has 0 aromatic heterocycles. The molecular weight excluding hydrogens is 186 g/mol. The van der Waals surface area contributed by atoms with Crippen LogP contribution in [0.2, 0.25) is 0 Å². The van der Waals surface area contributed by atoms with Crippen molar-refractivity contribution in [3.8, 4) is 0 Å². The van der Waals surface area contributed by atoms with E-state index >= 15 is 0 Å². The molecule has 2 N–H and O–H groups in total. The zero-order chi connectivity index (χ0) is 9.90. The Hall–Kier alpha value is -0.870. The number of nitrogens with two attached hydrogens (primary N) is 1. The Morgan fingerprint density at radius 2 is 1.85 bits per heavy atom. The molecule has 1 aromatic rings. The number of benzene rings is 1. The fraction of sp³-hybridized carbons (Fsp3) is 0.333. The van der Waals surface area contributed by atoms with Crippen molar-refractivity contribution in [3.05, 3.63) is 30.3 Å². The fourth-order valence-electron chi connectivity index (χ4n) is 1.07. The van der Waals surface area contributed by atoms with E-state index < -0.39 is 9.84 Å². The van der Waals surface area contributed by atoms with Crippen molar-refractivity contribution in [1.29, 1.82) is 0 Å². The minimum absolute atomic E-state index is 0.00296. The Labute approximate surface area is 78.5 Å². The zero-order valence-electron chi connectivity index (χ0n) is 7.47. The number of hydrogen-bond acceptors (Lipinski definition) is 3. The van der Waals surface area contributed by atoms with Crippen molar-refractivity contribution in [2.75, 3.05) is 5.75 Å². The lowest BCUT2D eigenvalue weighted by Crippen LogP contribution is -2.26. The summed E-state index contributed by atoms with van der Waals surface area (Å²) in [5.41, 5.74) is 5.44. The highest BCUT2D eigenvalue weighted by Crippen LogP contribution is 2.10. The molecule has 13 heavy (non-hydrogen) atoms. The van der Waals surface area contributed by atoms with Crippen molar-refractivity contribution < 1.29 is 8.42 Å². The molecule has 0 saturated carbocycles. The molecule has 0 heterocycles. The second kappa shape index (κ2) is 3.89. The largest absolute Gasteiger partial charge is 0.327 e. The Morgan fingerprint density at radius 3 is 2.31 bits per heavy atom. The van der Waals surface area contributed by atoms with Crippen molar-refractivity contribution in [2.45, 2.75) is 17.9 Å². The Morgan fingerprint density at radius 1 is 1.31 bits per heavy atom. The van der Waals surface area contributed by atoms with Crippen LogP contribution in [0.1, 0.15) is 6.92 Å². The molecule has 1 atom stereocenters. The lowest BCUT2D eigenvalue weighted by Gasteiger charge is -2.06. The maximum atomic E-state index is 11.6. The monoisotopic (exact) mass is 199 g/mol. The molecule has 72 valence electrons. The first-order valence-corrected chi connectivity index (χ1v) is 5.71. The van der Waals surface area contributed by atoms with Crippen LogP contribution in [-0.4, -0.2) is 20.2 Å². The minimum atomic E-state index is -3.18. The zero-order valence-corrected chi connectivity index (χ0v) is 8.29. The van der Waals surface area contributed by atoms with Crippen LogP contribution in [0.15, 0.2) is 35.2 Å². The molecule has 0 amide bonds. The number of hydrogen-bond donors (Lipinski definition) is 1. The molecule has 0 radical (unpaired) electrons. The highest BCUT2D eigenvalue weighted by atomic mass is 32.2. The second-order valence-corrected chi connectivity index (χ2v) is 5.11. The fourth-order valence-corrected chi connectivity index (χ4v) is 2.53. The van der Waals surface area contributed by atoms with Gasteiger partial charge in [0.2, 0.25) is 0 Å². The summed E-state index contributed by atoms with van der Waals surface area (Å²) in [5.74, 6) is -0.00296. The topological polar surface area (TPSA) is 60.2 Å². The van der Waals surface area contributed by atoms with E-state index in [0.717, 1.165) is 0 Å². The van der Waals surface area contributed by atoms with Crippen LogP contribution in [0.5, 0.6) is 0 Å². The Kier molecular flexibility index (Phi) is 3.06. The predicted molar refractivity (Wildman–Crippen MR) is 52.1 cm³/mol. The van der Waals surface area contributed by atoms with E-state index in [-0.39, 0.29) is 11.8 Å². The molecule has 3 nitrogen and oxygen atoms in total. The van der Waals surface area contributed by atoms with Crippen LogP contribution in [0.3, 0.4) is 0 Å². The van der Waals surface area contributed by atoms with E-state index in [9.17, 15) is 8.42 Å². The first-order chi connectivity index (χ1) is 6.02. The van der Waals surface area contributed by atoms with E-state index in [0.29, 0.717) is 4.90 Å². The van der Waals surface area contributed by atoms with E-state index in [1.807, 2.05) is 0 Å². The van der Waals surface area contributed by atoms with Gasteiger partial charge in [0, 0.05) is 6.04 Å². The summed E-state index contributed by atoms with van der Waals surface area (Å²) in [4.78, 5) is 0.340. The first kappa shape index (κ1) is 10.2. The molecule has 0 fully saturated rings. The normalized spacial score (nSPS) is 14.0. The van der Waals surface area contributed by atoms with Gasteiger partial charge < -0.3 is 5.73 Å². The Bertz CT molecular complexity index is 356. The van der Waals surface area contributed by atoms with Gasteiger partial charge in [-0.05, 0) is 19.1 Å². The lowest BCUT2D eigenvalue weighted by atomic mass is 10.4. The van der Waals surface area contributed by atoms with Gasteiger partial charge in [0.1, 0.15) is 0 Å². The molecule has 0 spiro atoms. The van der Waals surface area contributed by atoms with E-state index in [1.54, 1.807) is 37.3 Å². The average Bonchev–Trinajstić information content (AvgIpc) is 2.04. The molecule has 0 aliphatic heterocycles. The summed E-state index contributed by atoms with van der Waals surface area (Å²) in [7, 11) is -3.18. The van der Waals surface area contributed by atoms with Crippen molar-refractivity contribution in [1.82, 2.24) is 0 Å². The third-order valence-electron chi connectivity index (χ3n) is 1.58. The van der Waals surface area contributed by atoms with Crippen LogP contribution in [0, 0.1) is 0 Å². The standard InChI is InChI=1S/C9H13NO2S/c1-8(10)7-13(11,12)9-5-3-2-4-6-9/h2-6,8H,7,10H2,1H3/t8-/m1/s1. The highest BCUT2D eigenvalue weighted by molar-refractivity contribution is 7.91. The van der Waals surface area contributed by atoms with Gasteiger partial charge in [-0.3, -0.25) is 0 Å². The predicted octanol–water partition coefficient (Wildman–Crippen LogP) is 0.808. The molecule has 1 rings (SSSR count). The van der Waals surface area contributed by atoms with Crippen molar-refractivity contribution >= 4 is 9.84 Å². The van der Waals surface area contributed by atoms with Crippen molar-refractivity contribution in [2.24, 2.45) is 5.73 Å². The maximum absolute atomic E-state index is 11.6. The van der Waals surface area contributed by atoms with Crippen molar-refractivity contribution in [3.63, 3.8) is 0 Å². The summed E-state index contributed by atoms with van der Waals surface area (Å²) in [5, 5.41) is 0. The molecule has 0 aliphatic rings. The van der Waals surface area contributed by atoms with Gasteiger partial charge in [0.15, 0.2) is 9.84 Å². The van der Waals surface area contributed by atoms with Gasteiger partial charge >= 0.3 is 0 Å². The van der Waals surface area contributed by atoms with Crippen LogP contribution < -0.4 is 5.73 Å². The molecule has 0 saturated heterocycles. The van der Waals surface area contributed by atoms with Crippen LogP contribution in [0.25, 0.3) is 0 Å². The third kappa shape index (κ3) is 2.82. The van der Waals surface area contributed by atoms with Gasteiger partial charge in [0.25, 0.3) is 0 Å². The second-order valence-electron chi connectivity index (χ2n) is 3.07. The molecule has 4 heteroatoms. The van der Waals surface area contributed by atoms with Gasteiger partial charge in [-0.25, -0.2) is 8.42 Å². The quantitative estimate of drug-likeness (QED) is 0.783. The summed E-state index contributed by atoms with van der Waals surface area (Å²) >= 11 is 0. The maximum Gasteiger partial charge on any atom is 0.179 e. The van der Waals surface area contributed by atoms with Crippen LogP contribution >= 0.6 is 0 Å². The summed E-state index contributed by atoms with van der Waals surface area (Å²) in [6, 6.07) is 8.02. The van der Waals surface area contributed by atoms with Gasteiger partial charge in [-0.2, -0.15) is 0 Å². The molecule has 0 aliphatic carbocycles.